The molecule has 20 heavy (non-hydrogen) atoms. The first kappa shape index (κ1) is 15.5. The molecule has 1 aromatic carbocycles. The highest BCUT2D eigenvalue weighted by Gasteiger charge is 2.29. The number of rotatable bonds is 6. The highest BCUT2D eigenvalue weighted by molar-refractivity contribution is 7.91. The smallest absolute Gasteiger partial charge is 0.150 e. The summed E-state index contributed by atoms with van der Waals surface area (Å²) < 4.78 is 23.1. The Morgan fingerprint density at radius 2 is 2.00 bits per heavy atom. The number of nitrogens with one attached hydrogen (secondary N) is 1. The molecule has 0 aliphatic carbocycles. The van der Waals surface area contributed by atoms with Gasteiger partial charge in [-0.15, -0.1) is 0 Å². The molecule has 1 aliphatic heterocycles. The molecule has 0 bridgehead atoms. The molecule has 1 heterocycles. The minimum Gasteiger partial charge on any atom is -0.313 e. The summed E-state index contributed by atoms with van der Waals surface area (Å²) in [6.45, 7) is 2.19. The maximum Gasteiger partial charge on any atom is 0.150 e. The van der Waals surface area contributed by atoms with Gasteiger partial charge in [-0.3, -0.25) is 0 Å². The summed E-state index contributed by atoms with van der Waals surface area (Å²) >= 11 is 0. The van der Waals surface area contributed by atoms with Crippen molar-refractivity contribution in [3.63, 3.8) is 0 Å². The Hall–Kier alpha value is -0.870. The number of aryl methyl sites for hydroxylation is 1. The monoisotopic (exact) mass is 295 g/mol. The van der Waals surface area contributed by atoms with Crippen LogP contribution in [0, 0.1) is 5.92 Å². The fourth-order valence-electron chi connectivity index (χ4n) is 3.02. The minimum atomic E-state index is -2.77. The predicted octanol–water partition coefficient (Wildman–Crippen LogP) is 2.72. The summed E-state index contributed by atoms with van der Waals surface area (Å²) in [6, 6.07) is 8.98. The molecule has 1 aromatic rings. The molecule has 3 nitrogen and oxygen atoms in total. The van der Waals surface area contributed by atoms with E-state index in [4.69, 9.17) is 0 Å². The molecule has 1 saturated heterocycles. The lowest BCUT2D eigenvalue weighted by atomic mass is 9.93. The highest BCUT2D eigenvalue weighted by Crippen LogP contribution is 2.29. The van der Waals surface area contributed by atoms with Crippen molar-refractivity contribution in [2.24, 2.45) is 5.92 Å². The van der Waals surface area contributed by atoms with Gasteiger partial charge in [0.1, 0.15) is 0 Å². The van der Waals surface area contributed by atoms with Crippen LogP contribution < -0.4 is 5.32 Å². The molecule has 0 spiro atoms. The molecule has 2 atom stereocenters. The topological polar surface area (TPSA) is 46.2 Å². The van der Waals surface area contributed by atoms with Crippen molar-refractivity contribution in [3.05, 3.63) is 35.4 Å². The molecule has 4 heteroatoms. The third-order valence-electron chi connectivity index (χ3n) is 4.17. The Morgan fingerprint density at radius 1 is 1.30 bits per heavy atom. The largest absolute Gasteiger partial charge is 0.313 e. The van der Waals surface area contributed by atoms with Gasteiger partial charge in [0.05, 0.1) is 11.5 Å². The summed E-state index contributed by atoms with van der Waals surface area (Å²) in [5, 5.41) is 3.33. The molecule has 112 valence electrons. The van der Waals surface area contributed by atoms with Crippen LogP contribution >= 0.6 is 0 Å². The molecule has 2 rings (SSSR count). The molecule has 1 fully saturated rings. The normalized spacial score (nSPS) is 22.8. The van der Waals surface area contributed by atoms with E-state index in [1.807, 2.05) is 7.05 Å². The van der Waals surface area contributed by atoms with Crippen LogP contribution in [-0.2, 0) is 16.3 Å². The van der Waals surface area contributed by atoms with Gasteiger partial charge in [0, 0.05) is 6.04 Å². The maximum atomic E-state index is 11.5. The lowest BCUT2D eigenvalue weighted by Gasteiger charge is -2.20. The van der Waals surface area contributed by atoms with Gasteiger partial charge >= 0.3 is 0 Å². The summed E-state index contributed by atoms with van der Waals surface area (Å²) in [7, 11) is -0.821. The van der Waals surface area contributed by atoms with Crippen LogP contribution in [0.5, 0.6) is 0 Å². The van der Waals surface area contributed by atoms with Crippen molar-refractivity contribution < 1.29 is 8.42 Å². The van der Waals surface area contributed by atoms with Crippen molar-refractivity contribution >= 4 is 9.84 Å². The Kier molecular flexibility index (Phi) is 5.22. The highest BCUT2D eigenvalue weighted by atomic mass is 32.2. The number of hydrogen-bond acceptors (Lipinski definition) is 3. The van der Waals surface area contributed by atoms with Crippen molar-refractivity contribution in [1.29, 1.82) is 0 Å². The minimum absolute atomic E-state index is 0.254. The van der Waals surface area contributed by atoms with Crippen LogP contribution in [0.4, 0.5) is 0 Å². The van der Waals surface area contributed by atoms with Gasteiger partial charge in [-0.05, 0) is 43.4 Å². The van der Waals surface area contributed by atoms with Gasteiger partial charge in [-0.25, -0.2) is 8.42 Å². The van der Waals surface area contributed by atoms with E-state index in [-0.39, 0.29) is 6.04 Å². The predicted molar refractivity (Wildman–Crippen MR) is 83.6 cm³/mol. The summed E-state index contributed by atoms with van der Waals surface area (Å²) in [5.41, 5.74) is 2.63. The molecule has 1 N–H and O–H groups in total. The zero-order valence-corrected chi connectivity index (χ0v) is 13.2. The molecule has 0 saturated carbocycles. The van der Waals surface area contributed by atoms with Crippen molar-refractivity contribution in [2.75, 3.05) is 18.6 Å². The van der Waals surface area contributed by atoms with E-state index in [1.165, 1.54) is 11.1 Å². The van der Waals surface area contributed by atoms with E-state index in [2.05, 4.69) is 36.5 Å². The Balaban J connectivity index is 2.01. The second-order valence-electron chi connectivity index (χ2n) is 5.84. The molecule has 0 radical (unpaired) electrons. The van der Waals surface area contributed by atoms with Crippen LogP contribution in [0.1, 0.15) is 43.4 Å². The Morgan fingerprint density at radius 3 is 2.50 bits per heavy atom. The second kappa shape index (κ2) is 6.72. The first-order valence-corrected chi connectivity index (χ1v) is 9.32. The molecule has 0 amide bonds. The van der Waals surface area contributed by atoms with Gasteiger partial charge < -0.3 is 5.32 Å². The quantitative estimate of drug-likeness (QED) is 0.878. The number of sulfone groups is 1. The van der Waals surface area contributed by atoms with Crippen LogP contribution in [0.2, 0.25) is 0 Å². The summed E-state index contributed by atoms with van der Waals surface area (Å²) in [4.78, 5) is 0. The van der Waals surface area contributed by atoms with Crippen molar-refractivity contribution in [1.82, 2.24) is 5.32 Å². The molecule has 2 unspecified atom stereocenters. The van der Waals surface area contributed by atoms with Crippen LogP contribution in [0.25, 0.3) is 0 Å². The standard InChI is InChI=1S/C16H25NO2S/c1-3-4-13-5-7-15(8-6-13)16(17-2)11-14-9-10-20(18,19)12-14/h5-8,14,16-17H,3-4,9-12H2,1-2H3. The number of benzene rings is 1. The third-order valence-corrected chi connectivity index (χ3v) is 6.00. The van der Waals surface area contributed by atoms with Gasteiger partial charge in [0.15, 0.2) is 9.84 Å². The van der Waals surface area contributed by atoms with E-state index in [1.54, 1.807) is 0 Å². The fraction of sp³-hybridized carbons (Fsp3) is 0.625. The Bertz CT molecular complexity index is 522. The average molecular weight is 295 g/mol. The maximum absolute atomic E-state index is 11.5. The van der Waals surface area contributed by atoms with E-state index >= 15 is 0 Å². The van der Waals surface area contributed by atoms with Gasteiger partial charge in [0.25, 0.3) is 0 Å². The number of hydrogen-bond donors (Lipinski definition) is 1. The summed E-state index contributed by atoms with van der Waals surface area (Å²) in [5.74, 6) is 1.02. The zero-order valence-electron chi connectivity index (χ0n) is 12.4. The zero-order chi connectivity index (χ0) is 14.6. The van der Waals surface area contributed by atoms with Crippen LogP contribution in [0.3, 0.4) is 0 Å². The van der Waals surface area contributed by atoms with Gasteiger partial charge in [0.2, 0.25) is 0 Å². The van der Waals surface area contributed by atoms with Crippen molar-refractivity contribution in [2.45, 2.75) is 38.6 Å². The van der Waals surface area contributed by atoms with E-state index in [0.29, 0.717) is 17.4 Å². The molecular weight excluding hydrogens is 270 g/mol. The molecule has 1 aliphatic rings. The molecular formula is C16H25NO2S. The Labute approximate surface area is 122 Å². The third kappa shape index (κ3) is 4.06. The summed E-state index contributed by atoms with van der Waals surface area (Å²) in [6.07, 6.45) is 4.00. The van der Waals surface area contributed by atoms with Crippen molar-refractivity contribution in [3.8, 4) is 0 Å². The van der Waals surface area contributed by atoms with Crippen LogP contribution in [0.15, 0.2) is 24.3 Å². The van der Waals surface area contributed by atoms with Crippen LogP contribution in [-0.4, -0.2) is 27.0 Å². The SMILES string of the molecule is CCCc1ccc(C(CC2CCS(=O)(=O)C2)NC)cc1. The van der Waals surface area contributed by atoms with Gasteiger partial charge in [-0.2, -0.15) is 0 Å². The van der Waals surface area contributed by atoms with E-state index in [9.17, 15) is 8.42 Å². The lowest BCUT2D eigenvalue weighted by molar-refractivity contribution is 0.437. The first-order valence-electron chi connectivity index (χ1n) is 7.50. The van der Waals surface area contributed by atoms with Gasteiger partial charge in [-0.1, -0.05) is 37.6 Å². The van der Waals surface area contributed by atoms with E-state index < -0.39 is 9.84 Å². The lowest BCUT2D eigenvalue weighted by Crippen LogP contribution is -2.20. The molecule has 0 aromatic heterocycles. The first-order chi connectivity index (χ1) is 9.54. The van der Waals surface area contributed by atoms with E-state index in [0.717, 1.165) is 25.7 Å². The second-order valence-corrected chi connectivity index (χ2v) is 8.07. The fourth-order valence-corrected chi connectivity index (χ4v) is 4.90. The average Bonchev–Trinajstić information content (AvgIpc) is 2.77.